The number of hydrogen-bond donors (Lipinski definition) is 0. The molecule has 1 atom stereocenters. The predicted octanol–water partition coefficient (Wildman–Crippen LogP) is 3.35. The Bertz CT molecular complexity index is 300. The fourth-order valence-corrected chi connectivity index (χ4v) is 1.37. The van der Waals surface area contributed by atoms with E-state index in [1.807, 2.05) is 12.2 Å². The highest BCUT2D eigenvalue weighted by atomic mass is 31.0. The van der Waals surface area contributed by atoms with Gasteiger partial charge in [-0.1, -0.05) is 43.5 Å². The Kier molecular flexibility index (Phi) is 3.25. The van der Waals surface area contributed by atoms with E-state index in [2.05, 4.69) is 40.6 Å². The fraction of sp³-hybridized carbons (Fsp3) is 0.0909. The Hall–Kier alpha value is -0.870. The van der Waals surface area contributed by atoms with Crippen LogP contribution >= 0.6 is 9.24 Å². The Morgan fingerprint density at radius 2 is 1.83 bits per heavy atom. The average molecular weight is 176 g/mol. The third-order valence-electron chi connectivity index (χ3n) is 1.83. The number of rotatable bonds is 3. The molecule has 0 amide bonds. The lowest BCUT2D eigenvalue weighted by molar-refractivity contribution is 1.40. The molecule has 0 radical (unpaired) electrons. The van der Waals surface area contributed by atoms with Gasteiger partial charge in [0.1, 0.15) is 0 Å². The second kappa shape index (κ2) is 4.23. The van der Waals surface area contributed by atoms with Crippen molar-refractivity contribution in [1.29, 1.82) is 0 Å². The van der Waals surface area contributed by atoms with Gasteiger partial charge in [-0.3, -0.25) is 0 Å². The smallest absolute Gasteiger partial charge is 0.0128 e. The third-order valence-corrected chi connectivity index (χ3v) is 2.30. The van der Waals surface area contributed by atoms with E-state index in [0.29, 0.717) is 0 Å². The third kappa shape index (κ3) is 1.84. The molecule has 1 unspecified atom stereocenters. The molecule has 0 heterocycles. The normalized spacial score (nSPS) is 9.42. The second-order valence-corrected chi connectivity index (χ2v) is 2.98. The monoisotopic (exact) mass is 176 g/mol. The van der Waals surface area contributed by atoms with Gasteiger partial charge in [0.05, 0.1) is 0 Å². The summed E-state index contributed by atoms with van der Waals surface area (Å²) in [6.45, 7) is 7.50. The van der Waals surface area contributed by atoms with E-state index in [9.17, 15) is 0 Å². The zero-order valence-electron chi connectivity index (χ0n) is 7.09. The van der Waals surface area contributed by atoms with Crippen LogP contribution in [0.3, 0.4) is 0 Å². The fourth-order valence-electron chi connectivity index (χ4n) is 1.11. The molecule has 0 nitrogen and oxygen atoms in total. The van der Waals surface area contributed by atoms with Crippen molar-refractivity contribution in [2.45, 2.75) is 6.16 Å². The second-order valence-electron chi connectivity index (χ2n) is 2.58. The van der Waals surface area contributed by atoms with Gasteiger partial charge in [-0.2, -0.15) is 0 Å². The van der Waals surface area contributed by atoms with E-state index in [1.165, 1.54) is 5.56 Å². The molecule has 0 aliphatic carbocycles. The van der Waals surface area contributed by atoms with Crippen molar-refractivity contribution in [2.24, 2.45) is 0 Å². The molecule has 1 aromatic rings. The molecule has 0 aromatic heterocycles. The summed E-state index contributed by atoms with van der Waals surface area (Å²) in [6, 6.07) is 6.32. The SMILES string of the molecule is C=Cc1ccc(CP)cc1C=C. The molecule has 0 fully saturated rings. The minimum absolute atomic E-state index is 0.984. The summed E-state index contributed by atoms with van der Waals surface area (Å²) in [5.74, 6) is 0. The van der Waals surface area contributed by atoms with Crippen LogP contribution in [0.4, 0.5) is 0 Å². The minimum Gasteiger partial charge on any atom is -0.133 e. The molecule has 0 N–H and O–H groups in total. The van der Waals surface area contributed by atoms with Crippen molar-refractivity contribution in [1.82, 2.24) is 0 Å². The molecular formula is C11H13P. The zero-order chi connectivity index (χ0) is 8.97. The molecule has 0 spiro atoms. The van der Waals surface area contributed by atoms with E-state index in [4.69, 9.17) is 0 Å². The summed E-state index contributed by atoms with van der Waals surface area (Å²) in [5, 5.41) is 0. The Balaban J connectivity index is 3.18. The summed E-state index contributed by atoms with van der Waals surface area (Å²) < 4.78 is 0. The van der Waals surface area contributed by atoms with E-state index >= 15 is 0 Å². The van der Waals surface area contributed by atoms with Gasteiger partial charge in [-0.25, -0.2) is 0 Å². The lowest BCUT2D eigenvalue weighted by Crippen LogP contribution is -1.83. The maximum Gasteiger partial charge on any atom is -0.0128 e. The minimum atomic E-state index is 0.984. The van der Waals surface area contributed by atoms with Gasteiger partial charge < -0.3 is 0 Å². The van der Waals surface area contributed by atoms with Gasteiger partial charge in [0.15, 0.2) is 0 Å². The molecule has 1 aromatic carbocycles. The summed E-state index contributed by atoms with van der Waals surface area (Å²) in [5.41, 5.74) is 3.61. The molecule has 0 saturated heterocycles. The first-order valence-electron chi connectivity index (χ1n) is 3.89. The first kappa shape index (κ1) is 9.22. The standard InChI is InChI=1S/C11H13P/c1-3-10-6-5-9(8-12)7-11(10)4-2/h3-7H,1-2,8,12H2. The van der Waals surface area contributed by atoms with Crippen molar-refractivity contribution in [3.05, 3.63) is 48.0 Å². The van der Waals surface area contributed by atoms with E-state index in [0.717, 1.165) is 17.3 Å². The van der Waals surface area contributed by atoms with E-state index in [-0.39, 0.29) is 0 Å². The molecule has 0 bridgehead atoms. The summed E-state index contributed by atoms with van der Waals surface area (Å²) >= 11 is 0. The maximum absolute atomic E-state index is 3.76. The van der Waals surface area contributed by atoms with Gasteiger partial charge >= 0.3 is 0 Å². The average Bonchev–Trinajstić information content (AvgIpc) is 2.16. The Morgan fingerprint density at radius 1 is 1.17 bits per heavy atom. The van der Waals surface area contributed by atoms with Gasteiger partial charge in [0, 0.05) is 0 Å². The zero-order valence-corrected chi connectivity index (χ0v) is 8.24. The highest BCUT2D eigenvalue weighted by Crippen LogP contribution is 2.16. The van der Waals surface area contributed by atoms with Crippen LogP contribution in [0.1, 0.15) is 16.7 Å². The molecule has 1 rings (SSSR count). The van der Waals surface area contributed by atoms with Gasteiger partial charge in [0.2, 0.25) is 0 Å². The van der Waals surface area contributed by atoms with Crippen molar-refractivity contribution in [2.75, 3.05) is 0 Å². The van der Waals surface area contributed by atoms with Crippen LogP contribution in [0, 0.1) is 0 Å². The maximum atomic E-state index is 3.76. The van der Waals surface area contributed by atoms with Gasteiger partial charge in [0.25, 0.3) is 0 Å². The predicted molar refractivity (Wildman–Crippen MR) is 60.0 cm³/mol. The molecule has 0 aliphatic rings. The molecule has 0 aliphatic heterocycles. The molecular weight excluding hydrogens is 163 g/mol. The summed E-state index contributed by atoms with van der Waals surface area (Å²) in [6.07, 6.45) is 4.70. The Labute approximate surface area is 76.2 Å². The highest BCUT2D eigenvalue weighted by molar-refractivity contribution is 7.15. The van der Waals surface area contributed by atoms with Crippen molar-refractivity contribution in [3.63, 3.8) is 0 Å². The topological polar surface area (TPSA) is 0 Å². The summed E-state index contributed by atoms with van der Waals surface area (Å²) in [4.78, 5) is 0. The van der Waals surface area contributed by atoms with Crippen LogP contribution in [0.2, 0.25) is 0 Å². The Morgan fingerprint density at radius 3 is 2.33 bits per heavy atom. The number of benzene rings is 1. The summed E-state index contributed by atoms with van der Waals surface area (Å²) in [7, 11) is 2.71. The molecule has 0 saturated carbocycles. The highest BCUT2D eigenvalue weighted by Gasteiger charge is 1.95. The van der Waals surface area contributed by atoms with Gasteiger partial charge in [-0.05, 0) is 22.9 Å². The van der Waals surface area contributed by atoms with Gasteiger partial charge in [-0.15, -0.1) is 9.24 Å². The first-order chi connectivity index (χ1) is 5.81. The lowest BCUT2D eigenvalue weighted by atomic mass is 10.0. The number of hydrogen-bond acceptors (Lipinski definition) is 0. The van der Waals surface area contributed by atoms with Crippen molar-refractivity contribution in [3.8, 4) is 0 Å². The van der Waals surface area contributed by atoms with Crippen LogP contribution in [0.5, 0.6) is 0 Å². The molecule has 12 heavy (non-hydrogen) atoms. The first-order valence-corrected chi connectivity index (χ1v) is 4.71. The van der Waals surface area contributed by atoms with Crippen LogP contribution in [-0.2, 0) is 6.16 Å². The van der Waals surface area contributed by atoms with Crippen LogP contribution < -0.4 is 0 Å². The van der Waals surface area contributed by atoms with Crippen LogP contribution in [0.25, 0.3) is 12.2 Å². The van der Waals surface area contributed by atoms with Crippen LogP contribution in [0.15, 0.2) is 31.4 Å². The largest absolute Gasteiger partial charge is 0.133 e. The van der Waals surface area contributed by atoms with E-state index in [1.54, 1.807) is 0 Å². The quantitative estimate of drug-likeness (QED) is 0.619. The van der Waals surface area contributed by atoms with Crippen molar-refractivity contribution < 1.29 is 0 Å². The van der Waals surface area contributed by atoms with Crippen molar-refractivity contribution >= 4 is 21.4 Å². The lowest BCUT2D eigenvalue weighted by Gasteiger charge is -2.02. The molecule has 62 valence electrons. The van der Waals surface area contributed by atoms with Crippen LogP contribution in [-0.4, -0.2) is 0 Å². The molecule has 1 heteroatoms. The van der Waals surface area contributed by atoms with E-state index < -0.39 is 0 Å².